The van der Waals surface area contributed by atoms with Crippen LogP contribution in [0.15, 0.2) is 42.5 Å². The highest BCUT2D eigenvalue weighted by molar-refractivity contribution is 6.31. The van der Waals surface area contributed by atoms with Crippen LogP contribution in [0.3, 0.4) is 0 Å². The Balaban J connectivity index is 2.03. The van der Waals surface area contributed by atoms with Crippen LogP contribution in [0.25, 0.3) is 0 Å². The Bertz CT molecular complexity index is 748. The van der Waals surface area contributed by atoms with Gasteiger partial charge in [0.1, 0.15) is 5.75 Å². The third kappa shape index (κ3) is 4.17. The lowest BCUT2D eigenvalue weighted by atomic mass is 10.2. The van der Waals surface area contributed by atoms with Gasteiger partial charge >= 0.3 is 0 Å². The summed E-state index contributed by atoms with van der Waals surface area (Å²) >= 11 is 11.9. The maximum absolute atomic E-state index is 12.1. The molecule has 0 radical (unpaired) electrons. The lowest BCUT2D eigenvalue weighted by Gasteiger charge is -2.08. The van der Waals surface area contributed by atoms with Crippen LogP contribution in [0.4, 0.5) is 0 Å². The molecule has 0 spiro atoms. The lowest BCUT2D eigenvalue weighted by Crippen LogP contribution is -2.24. The van der Waals surface area contributed by atoms with Gasteiger partial charge in [0, 0.05) is 10.6 Å². The number of carbonyl (C=O) groups excluding carboxylic acids is 1. The van der Waals surface area contributed by atoms with Crippen LogP contribution < -0.4 is 10.1 Å². The van der Waals surface area contributed by atoms with E-state index in [-0.39, 0.29) is 12.5 Å². The van der Waals surface area contributed by atoms with Crippen LogP contribution in [-0.2, 0) is 0 Å². The van der Waals surface area contributed by atoms with E-state index in [1.165, 1.54) is 7.11 Å². The molecule has 5 heteroatoms. The minimum Gasteiger partial charge on any atom is -0.496 e. The molecule has 0 aromatic heterocycles. The van der Waals surface area contributed by atoms with Gasteiger partial charge in [0.2, 0.25) is 0 Å². The van der Waals surface area contributed by atoms with E-state index in [4.69, 9.17) is 27.9 Å². The second-order valence-corrected chi connectivity index (χ2v) is 5.15. The standard InChI is InChI=1S/C17H13Cl2NO2/c1-22-16-9-8-13(18)11-14(16)17(21)20-10-4-6-12-5-2-3-7-15(12)19/h2-3,5,7-9,11H,10H2,1H3,(H,20,21). The fourth-order valence-electron chi connectivity index (χ4n) is 1.78. The van der Waals surface area contributed by atoms with E-state index in [0.29, 0.717) is 21.4 Å². The molecule has 112 valence electrons. The fraction of sp³-hybridized carbons (Fsp3) is 0.118. The van der Waals surface area contributed by atoms with Gasteiger partial charge in [-0.2, -0.15) is 0 Å². The Kier molecular flexibility index (Phi) is 5.71. The molecule has 0 atom stereocenters. The molecule has 1 N–H and O–H groups in total. The quantitative estimate of drug-likeness (QED) is 0.868. The van der Waals surface area contributed by atoms with Gasteiger partial charge in [0.15, 0.2) is 0 Å². The number of benzene rings is 2. The van der Waals surface area contributed by atoms with Gasteiger partial charge in [-0.15, -0.1) is 0 Å². The topological polar surface area (TPSA) is 38.3 Å². The van der Waals surface area contributed by atoms with E-state index in [2.05, 4.69) is 17.2 Å². The molecule has 2 rings (SSSR count). The first-order valence-corrected chi connectivity index (χ1v) is 7.22. The zero-order valence-electron chi connectivity index (χ0n) is 11.8. The molecular weight excluding hydrogens is 321 g/mol. The van der Waals surface area contributed by atoms with Crippen LogP contribution in [-0.4, -0.2) is 19.6 Å². The molecule has 0 unspecified atom stereocenters. The molecule has 22 heavy (non-hydrogen) atoms. The Hall–Kier alpha value is -2.15. The summed E-state index contributed by atoms with van der Waals surface area (Å²) in [7, 11) is 1.50. The van der Waals surface area contributed by atoms with Crippen molar-refractivity contribution in [2.75, 3.05) is 13.7 Å². The highest BCUT2D eigenvalue weighted by Gasteiger charge is 2.11. The highest BCUT2D eigenvalue weighted by Crippen LogP contribution is 2.22. The van der Waals surface area contributed by atoms with E-state index in [1.807, 2.05) is 18.2 Å². The Morgan fingerprint density at radius 3 is 2.73 bits per heavy atom. The maximum atomic E-state index is 12.1. The van der Waals surface area contributed by atoms with Crippen molar-refractivity contribution in [1.29, 1.82) is 0 Å². The molecule has 0 aliphatic heterocycles. The van der Waals surface area contributed by atoms with Gasteiger partial charge in [-0.1, -0.05) is 47.2 Å². The summed E-state index contributed by atoms with van der Waals surface area (Å²) in [5.74, 6) is 5.92. The van der Waals surface area contributed by atoms with E-state index < -0.39 is 0 Å². The molecule has 0 aliphatic rings. The normalized spacial score (nSPS) is 9.59. The summed E-state index contributed by atoms with van der Waals surface area (Å²) in [4.78, 5) is 12.1. The van der Waals surface area contributed by atoms with Crippen molar-refractivity contribution >= 4 is 29.1 Å². The smallest absolute Gasteiger partial charge is 0.255 e. The first kappa shape index (κ1) is 16.2. The van der Waals surface area contributed by atoms with Crippen molar-refractivity contribution < 1.29 is 9.53 Å². The third-order valence-electron chi connectivity index (χ3n) is 2.84. The van der Waals surface area contributed by atoms with Crippen molar-refractivity contribution in [3.63, 3.8) is 0 Å². The summed E-state index contributed by atoms with van der Waals surface area (Å²) in [5.41, 5.74) is 1.09. The molecule has 2 aromatic carbocycles. The molecule has 2 aromatic rings. The SMILES string of the molecule is COc1ccc(Cl)cc1C(=O)NCC#Cc1ccccc1Cl. The number of methoxy groups -OCH3 is 1. The molecule has 3 nitrogen and oxygen atoms in total. The highest BCUT2D eigenvalue weighted by atomic mass is 35.5. The minimum atomic E-state index is -0.298. The number of hydrogen-bond donors (Lipinski definition) is 1. The minimum absolute atomic E-state index is 0.194. The number of ether oxygens (including phenoxy) is 1. The summed E-state index contributed by atoms with van der Waals surface area (Å²) in [5, 5.41) is 3.74. The number of carbonyl (C=O) groups is 1. The van der Waals surface area contributed by atoms with Crippen molar-refractivity contribution in [3.05, 3.63) is 63.6 Å². The lowest BCUT2D eigenvalue weighted by molar-refractivity contribution is 0.0955. The van der Waals surface area contributed by atoms with Crippen LogP contribution in [0.1, 0.15) is 15.9 Å². The van der Waals surface area contributed by atoms with Gasteiger partial charge in [-0.25, -0.2) is 0 Å². The molecule has 0 fully saturated rings. The monoisotopic (exact) mass is 333 g/mol. The van der Waals surface area contributed by atoms with Gasteiger partial charge < -0.3 is 10.1 Å². The first-order chi connectivity index (χ1) is 10.6. The van der Waals surface area contributed by atoms with Gasteiger partial charge in [-0.3, -0.25) is 4.79 Å². The van der Waals surface area contributed by atoms with E-state index in [0.717, 1.165) is 5.56 Å². The van der Waals surface area contributed by atoms with Gasteiger partial charge in [0.25, 0.3) is 5.91 Å². The second kappa shape index (κ2) is 7.74. The predicted molar refractivity (Wildman–Crippen MR) is 88.7 cm³/mol. The molecule has 0 heterocycles. The molecule has 0 bridgehead atoms. The average molecular weight is 334 g/mol. The van der Waals surface area contributed by atoms with Crippen LogP contribution in [0.5, 0.6) is 5.75 Å². The average Bonchev–Trinajstić information content (AvgIpc) is 2.52. The number of nitrogens with one attached hydrogen (secondary N) is 1. The van der Waals surface area contributed by atoms with Crippen molar-refractivity contribution in [2.45, 2.75) is 0 Å². The summed E-state index contributed by atoms with van der Waals surface area (Å²) < 4.78 is 5.14. The zero-order valence-corrected chi connectivity index (χ0v) is 13.3. The maximum Gasteiger partial charge on any atom is 0.255 e. The molecular formula is C17H13Cl2NO2. The summed E-state index contributed by atoms with van der Waals surface area (Å²) in [6.45, 7) is 0.194. The second-order valence-electron chi connectivity index (χ2n) is 4.31. The molecule has 0 saturated carbocycles. The summed E-state index contributed by atoms with van der Waals surface area (Å²) in [6, 6.07) is 12.1. The predicted octanol–water partition coefficient (Wildman–Crippen LogP) is 3.78. The van der Waals surface area contributed by atoms with Crippen molar-refractivity contribution in [3.8, 4) is 17.6 Å². The van der Waals surface area contributed by atoms with Crippen LogP contribution >= 0.6 is 23.2 Å². The van der Waals surface area contributed by atoms with E-state index in [9.17, 15) is 4.79 Å². The molecule has 0 aliphatic carbocycles. The Morgan fingerprint density at radius 2 is 2.00 bits per heavy atom. The Morgan fingerprint density at radius 1 is 1.23 bits per heavy atom. The zero-order chi connectivity index (χ0) is 15.9. The fourth-order valence-corrected chi connectivity index (χ4v) is 2.13. The summed E-state index contributed by atoms with van der Waals surface area (Å²) in [6.07, 6.45) is 0. The largest absolute Gasteiger partial charge is 0.496 e. The van der Waals surface area contributed by atoms with Crippen molar-refractivity contribution in [1.82, 2.24) is 5.32 Å². The van der Waals surface area contributed by atoms with E-state index in [1.54, 1.807) is 24.3 Å². The number of halogens is 2. The number of rotatable bonds is 3. The Labute approximate surface area is 139 Å². The number of amides is 1. The molecule has 1 amide bonds. The van der Waals surface area contributed by atoms with Gasteiger partial charge in [-0.05, 0) is 30.3 Å². The third-order valence-corrected chi connectivity index (χ3v) is 3.41. The first-order valence-electron chi connectivity index (χ1n) is 6.47. The van der Waals surface area contributed by atoms with Crippen LogP contribution in [0, 0.1) is 11.8 Å². The molecule has 0 saturated heterocycles. The number of hydrogen-bond acceptors (Lipinski definition) is 2. The van der Waals surface area contributed by atoms with Crippen LogP contribution in [0.2, 0.25) is 10.0 Å². The van der Waals surface area contributed by atoms with Crippen molar-refractivity contribution in [2.24, 2.45) is 0 Å². The van der Waals surface area contributed by atoms with Gasteiger partial charge in [0.05, 0.1) is 24.2 Å². The van der Waals surface area contributed by atoms with E-state index >= 15 is 0 Å².